The Balaban J connectivity index is 1.52. The molecule has 0 atom stereocenters. The zero-order valence-electron chi connectivity index (χ0n) is 16.0. The van der Waals surface area contributed by atoms with Gasteiger partial charge in [-0.3, -0.25) is 10.1 Å². The fraction of sp³-hybridized carbons (Fsp3) is 0.0435. The number of aryl methyl sites for hydroxylation is 1. The van der Waals surface area contributed by atoms with Crippen LogP contribution in [0.3, 0.4) is 0 Å². The van der Waals surface area contributed by atoms with E-state index in [2.05, 4.69) is 51.4 Å². The average molecular weight is 408 g/mol. The predicted octanol–water partition coefficient (Wildman–Crippen LogP) is 5.60. The van der Waals surface area contributed by atoms with Gasteiger partial charge in [0.05, 0.1) is 27.9 Å². The molecule has 0 aliphatic rings. The molecule has 0 saturated carbocycles. The number of benzene rings is 1. The lowest BCUT2D eigenvalue weighted by atomic mass is 10.1. The minimum atomic E-state index is 0.697. The molecule has 0 unspecified atom stereocenters. The lowest BCUT2D eigenvalue weighted by Crippen LogP contribution is -1.88. The number of para-hydroxylation sites is 1. The summed E-state index contributed by atoms with van der Waals surface area (Å²) in [7, 11) is 0. The molecule has 0 radical (unpaired) electrons. The van der Waals surface area contributed by atoms with Crippen molar-refractivity contribution in [1.82, 2.24) is 30.1 Å². The van der Waals surface area contributed by atoms with Crippen LogP contribution in [-0.4, -0.2) is 30.1 Å². The van der Waals surface area contributed by atoms with Crippen molar-refractivity contribution in [2.75, 3.05) is 0 Å². The van der Waals surface area contributed by atoms with Gasteiger partial charge in [-0.25, -0.2) is 9.97 Å². The van der Waals surface area contributed by atoms with Crippen molar-refractivity contribution in [3.8, 4) is 33.3 Å². The third kappa shape index (κ3) is 2.71. The number of hydrogen-bond acceptors (Lipinski definition) is 5. The van der Waals surface area contributed by atoms with Crippen LogP contribution >= 0.6 is 11.3 Å². The molecule has 5 aromatic heterocycles. The summed E-state index contributed by atoms with van der Waals surface area (Å²) >= 11 is 1.77. The van der Waals surface area contributed by atoms with Crippen LogP contribution in [0.25, 0.3) is 55.4 Å². The standard InChI is InChI=1S/C23H16N6S/c1-13-8-11-19(30-13)14-5-4-7-17-20(14)27-23(26-17)22-21-18(28-29-22)10-9-16(25-21)15-6-2-3-12-24-15/h2-12H,1H3,(H,26,27)(H,28,29). The molecule has 0 bridgehead atoms. The summed E-state index contributed by atoms with van der Waals surface area (Å²) in [6.45, 7) is 2.12. The first-order valence-electron chi connectivity index (χ1n) is 9.59. The molecule has 144 valence electrons. The van der Waals surface area contributed by atoms with Gasteiger partial charge >= 0.3 is 0 Å². The Hall–Kier alpha value is -3.84. The fourth-order valence-electron chi connectivity index (χ4n) is 3.64. The van der Waals surface area contributed by atoms with Crippen molar-refractivity contribution in [1.29, 1.82) is 0 Å². The molecule has 30 heavy (non-hydrogen) atoms. The minimum Gasteiger partial charge on any atom is -0.336 e. The second kappa shape index (κ2) is 6.60. The molecule has 7 heteroatoms. The molecule has 5 heterocycles. The van der Waals surface area contributed by atoms with E-state index in [0.717, 1.165) is 39.0 Å². The zero-order valence-corrected chi connectivity index (χ0v) is 16.9. The predicted molar refractivity (Wildman–Crippen MR) is 120 cm³/mol. The van der Waals surface area contributed by atoms with Crippen LogP contribution < -0.4 is 0 Å². The molecule has 6 nitrogen and oxygen atoms in total. The van der Waals surface area contributed by atoms with Gasteiger partial charge in [-0.15, -0.1) is 11.3 Å². The Morgan fingerprint density at radius 2 is 1.77 bits per heavy atom. The average Bonchev–Trinajstić information content (AvgIpc) is 3.51. The van der Waals surface area contributed by atoms with Crippen LogP contribution in [-0.2, 0) is 0 Å². The largest absolute Gasteiger partial charge is 0.336 e. The zero-order chi connectivity index (χ0) is 20.1. The summed E-state index contributed by atoms with van der Waals surface area (Å²) in [6.07, 6.45) is 1.77. The van der Waals surface area contributed by atoms with Crippen LogP contribution in [0.4, 0.5) is 0 Å². The molecule has 1 aromatic carbocycles. The van der Waals surface area contributed by atoms with E-state index in [4.69, 9.17) is 9.97 Å². The van der Waals surface area contributed by atoms with Gasteiger partial charge in [0.25, 0.3) is 0 Å². The summed E-state index contributed by atoms with van der Waals surface area (Å²) in [6, 6.07) is 20.2. The molecule has 6 aromatic rings. The van der Waals surface area contributed by atoms with Gasteiger partial charge in [-0.2, -0.15) is 5.10 Å². The summed E-state index contributed by atoms with van der Waals surface area (Å²) in [4.78, 5) is 20.0. The second-order valence-corrected chi connectivity index (χ2v) is 8.37. The smallest absolute Gasteiger partial charge is 0.161 e. The first-order chi connectivity index (χ1) is 14.8. The second-order valence-electron chi connectivity index (χ2n) is 7.08. The minimum absolute atomic E-state index is 0.697. The van der Waals surface area contributed by atoms with E-state index in [1.807, 2.05) is 36.4 Å². The SMILES string of the molecule is Cc1ccc(-c2cccc3[nH]c(-c4n[nH]c5ccc(-c6ccccn6)nc45)nc23)s1. The quantitative estimate of drug-likeness (QED) is 0.399. The summed E-state index contributed by atoms with van der Waals surface area (Å²) < 4.78 is 0. The van der Waals surface area contributed by atoms with Crippen molar-refractivity contribution in [3.05, 3.63) is 71.7 Å². The highest BCUT2D eigenvalue weighted by atomic mass is 32.1. The van der Waals surface area contributed by atoms with Gasteiger partial charge in [0.1, 0.15) is 5.52 Å². The van der Waals surface area contributed by atoms with Gasteiger partial charge in [0.15, 0.2) is 11.5 Å². The van der Waals surface area contributed by atoms with Crippen LogP contribution in [0.15, 0.2) is 66.9 Å². The van der Waals surface area contributed by atoms with Gasteiger partial charge in [0.2, 0.25) is 0 Å². The Morgan fingerprint density at radius 1 is 0.800 bits per heavy atom. The van der Waals surface area contributed by atoms with E-state index < -0.39 is 0 Å². The number of fused-ring (bicyclic) bond motifs is 2. The highest BCUT2D eigenvalue weighted by Crippen LogP contribution is 2.34. The molecule has 0 fully saturated rings. The van der Waals surface area contributed by atoms with E-state index in [0.29, 0.717) is 11.5 Å². The Kier molecular flexibility index (Phi) is 3.75. The third-order valence-corrected chi connectivity index (χ3v) is 6.11. The van der Waals surface area contributed by atoms with Crippen LogP contribution in [0.5, 0.6) is 0 Å². The van der Waals surface area contributed by atoms with E-state index >= 15 is 0 Å². The topological polar surface area (TPSA) is 83.1 Å². The maximum Gasteiger partial charge on any atom is 0.161 e. The molecule has 0 amide bonds. The van der Waals surface area contributed by atoms with E-state index in [9.17, 15) is 0 Å². The van der Waals surface area contributed by atoms with Crippen molar-refractivity contribution in [2.24, 2.45) is 0 Å². The maximum absolute atomic E-state index is 4.91. The van der Waals surface area contributed by atoms with Crippen LogP contribution in [0.2, 0.25) is 0 Å². The number of nitrogens with zero attached hydrogens (tertiary/aromatic N) is 4. The molecular formula is C23H16N6S. The highest BCUT2D eigenvalue weighted by Gasteiger charge is 2.17. The third-order valence-electron chi connectivity index (χ3n) is 5.08. The van der Waals surface area contributed by atoms with Crippen LogP contribution in [0.1, 0.15) is 4.88 Å². The van der Waals surface area contributed by atoms with Gasteiger partial charge in [-0.1, -0.05) is 18.2 Å². The normalized spacial score (nSPS) is 11.5. The lowest BCUT2D eigenvalue weighted by Gasteiger charge is -2.00. The summed E-state index contributed by atoms with van der Waals surface area (Å²) in [5, 5.41) is 7.57. The number of imidazole rings is 1. The fourth-order valence-corrected chi connectivity index (χ4v) is 4.54. The summed E-state index contributed by atoms with van der Waals surface area (Å²) in [5.41, 5.74) is 6.99. The van der Waals surface area contributed by atoms with Crippen molar-refractivity contribution >= 4 is 33.4 Å². The molecule has 0 saturated heterocycles. The Labute approximate surface area is 175 Å². The Morgan fingerprint density at radius 3 is 2.60 bits per heavy atom. The summed E-state index contributed by atoms with van der Waals surface area (Å²) in [5.74, 6) is 0.697. The van der Waals surface area contributed by atoms with Crippen LogP contribution in [0, 0.1) is 6.92 Å². The molecule has 0 aliphatic heterocycles. The number of nitrogens with one attached hydrogen (secondary N) is 2. The van der Waals surface area contributed by atoms with Gasteiger partial charge in [0, 0.05) is 21.5 Å². The monoisotopic (exact) mass is 408 g/mol. The number of hydrogen-bond donors (Lipinski definition) is 2. The number of pyridine rings is 2. The molecular weight excluding hydrogens is 392 g/mol. The maximum atomic E-state index is 4.91. The Bertz CT molecular complexity index is 1510. The molecule has 6 rings (SSSR count). The van der Waals surface area contributed by atoms with E-state index in [-0.39, 0.29) is 0 Å². The number of aromatic amines is 2. The van der Waals surface area contributed by atoms with Gasteiger partial charge < -0.3 is 4.98 Å². The molecule has 2 N–H and O–H groups in total. The number of thiophene rings is 1. The molecule has 0 spiro atoms. The van der Waals surface area contributed by atoms with Crippen molar-refractivity contribution in [3.63, 3.8) is 0 Å². The lowest BCUT2D eigenvalue weighted by molar-refractivity contribution is 1.10. The van der Waals surface area contributed by atoms with Crippen molar-refractivity contribution < 1.29 is 0 Å². The molecule has 0 aliphatic carbocycles. The first-order valence-corrected chi connectivity index (χ1v) is 10.4. The number of rotatable bonds is 3. The van der Waals surface area contributed by atoms with Gasteiger partial charge in [-0.05, 0) is 49.4 Å². The van der Waals surface area contributed by atoms with E-state index in [1.54, 1.807) is 17.5 Å². The number of H-pyrrole nitrogens is 2. The van der Waals surface area contributed by atoms with E-state index in [1.165, 1.54) is 9.75 Å². The highest BCUT2D eigenvalue weighted by molar-refractivity contribution is 7.15. The first kappa shape index (κ1) is 17.1. The van der Waals surface area contributed by atoms with Crippen molar-refractivity contribution in [2.45, 2.75) is 6.92 Å². The number of aromatic nitrogens is 6.